The summed E-state index contributed by atoms with van der Waals surface area (Å²) in [4.78, 5) is 15.2. The summed E-state index contributed by atoms with van der Waals surface area (Å²) >= 11 is 0. The number of piperidine rings is 1. The van der Waals surface area contributed by atoms with Gasteiger partial charge in [-0.25, -0.2) is 0 Å². The normalized spacial score (nSPS) is 16.9. The lowest BCUT2D eigenvalue weighted by molar-refractivity contribution is -0.128. The molecule has 1 heterocycles. The van der Waals surface area contributed by atoms with E-state index in [0.29, 0.717) is 6.42 Å². The molecule has 0 aliphatic carbocycles. The number of amides is 1. The summed E-state index contributed by atoms with van der Waals surface area (Å²) in [6.07, 6.45) is 2.65. The first-order valence-electron chi connectivity index (χ1n) is 10.8. The highest BCUT2D eigenvalue weighted by Crippen LogP contribution is 2.25. The predicted molar refractivity (Wildman–Crippen MR) is 119 cm³/mol. The van der Waals surface area contributed by atoms with E-state index in [9.17, 15) is 4.79 Å². The number of carbonyl (C=O) groups is 1. The standard InChI is InChI=1S/C25H34N2O2/c1-5-24(29-23-8-6-7-19(3)17-23)25(28)26-20(4)21-9-11-22(12-10-21)27-15-13-18(2)14-16-27/h6-12,17-18,20,24H,5,13-16H2,1-4H3,(H,26,28)/t20-,24+/m0/s1. The molecule has 29 heavy (non-hydrogen) atoms. The molecule has 3 rings (SSSR count). The van der Waals surface area contributed by atoms with Crippen LogP contribution in [0.25, 0.3) is 0 Å². The van der Waals surface area contributed by atoms with E-state index in [1.807, 2.05) is 45.0 Å². The molecule has 0 spiro atoms. The van der Waals surface area contributed by atoms with Crippen molar-refractivity contribution in [1.29, 1.82) is 0 Å². The lowest BCUT2D eigenvalue weighted by Crippen LogP contribution is -2.39. The van der Waals surface area contributed by atoms with Crippen LogP contribution in [0.5, 0.6) is 5.75 Å². The van der Waals surface area contributed by atoms with Crippen LogP contribution in [-0.4, -0.2) is 25.1 Å². The molecule has 2 aromatic carbocycles. The van der Waals surface area contributed by atoms with E-state index < -0.39 is 6.10 Å². The van der Waals surface area contributed by atoms with E-state index in [-0.39, 0.29) is 11.9 Å². The monoisotopic (exact) mass is 394 g/mol. The first-order valence-corrected chi connectivity index (χ1v) is 10.8. The third-order valence-electron chi connectivity index (χ3n) is 5.83. The second kappa shape index (κ2) is 9.82. The summed E-state index contributed by atoms with van der Waals surface area (Å²) in [7, 11) is 0. The molecule has 2 atom stereocenters. The summed E-state index contributed by atoms with van der Waals surface area (Å²) in [5, 5.41) is 3.11. The minimum atomic E-state index is -0.492. The molecule has 1 saturated heterocycles. The maximum absolute atomic E-state index is 12.7. The molecule has 0 radical (unpaired) electrons. The number of aryl methyl sites for hydroxylation is 1. The Labute approximate surface area is 175 Å². The molecular weight excluding hydrogens is 360 g/mol. The highest BCUT2D eigenvalue weighted by atomic mass is 16.5. The highest BCUT2D eigenvalue weighted by molar-refractivity contribution is 5.81. The van der Waals surface area contributed by atoms with Gasteiger partial charge in [-0.05, 0) is 74.4 Å². The van der Waals surface area contributed by atoms with Gasteiger partial charge in [0.25, 0.3) is 5.91 Å². The molecule has 156 valence electrons. The molecule has 4 nitrogen and oxygen atoms in total. The molecule has 1 aliphatic heterocycles. The van der Waals surface area contributed by atoms with Gasteiger partial charge < -0.3 is 15.0 Å². The maximum Gasteiger partial charge on any atom is 0.261 e. The van der Waals surface area contributed by atoms with Crippen molar-refractivity contribution < 1.29 is 9.53 Å². The Bertz CT molecular complexity index is 795. The molecule has 1 amide bonds. The van der Waals surface area contributed by atoms with E-state index in [1.165, 1.54) is 18.5 Å². The summed E-state index contributed by atoms with van der Waals surface area (Å²) in [6, 6.07) is 16.4. The van der Waals surface area contributed by atoms with Crippen LogP contribution in [0.3, 0.4) is 0 Å². The predicted octanol–water partition coefficient (Wildman–Crippen LogP) is 5.27. The van der Waals surface area contributed by atoms with Crippen LogP contribution >= 0.6 is 0 Å². The van der Waals surface area contributed by atoms with Crippen molar-refractivity contribution in [3.8, 4) is 5.75 Å². The fourth-order valence-electron chi connectivity index (χ4n) is 3.81. The Hall–Kier alpha value is -2.49. The van der Waals surface area contributed by atoms with Crippen molar-refractivity contribution in [2.45, 2.75) is 59.1 Å². The number of rotatable bonds is 7. The number of hydrogen-bond acceptors (Lipinski definition) is 3. The van der Waals surface area contributed by atoms with Gasteiger partial charge in [-0.1, -0.05) is 38.1 Å². The first-order chi connectivity index (χ1) is 14.0. The Kier molecular flexibility index (Phi) is 7.18. The van der Waals surface area contributed by atoms with E-state index in [4.69, 9.17) is 4.74 Å². The molecule has 1 N–H and O–H groups in total. The van der Waals surface area contributed by atoms with Gasteiger partial charge in [0.2, 0.25) is 0 Å². The Morgan fingerprint density at radius 1 is 1.17 bits per heavy atom. The second-order valence-electron chi connectivity index (χ2n) is 8.32. The zero-order valence-electron chi connectivity index (χ0n) is 18.2. The van der Waals surface area contributed by atoms with Crippen molar-refractivity contribution >= 4 is 11.6 Å². The summed E-state index contributed by atoms with van der Waals surface area (Å²) in [5.74, 6) is 1.49. The van der Waals surface area contributed by atoms with Crippen LogP contribution in [0.4, 0.5) is 5.69 Å². The van der Waals surface area contributed by atoms with Crippen LogP contribution in [0.1, 0.15) is 57.2 Å². The third-order valence-corrected chi connectivity index (χ3v) is 5.83. The lowest BCUT2D eigenvalue weighted by Gasteiger charge is -2.32. The van der Waals surface area contributed by atoms with Crippen LogP contribution in [0.15, 0.2) is 48.5 Å². The molecule has 0 saturated carbocycles. The molecule has 1 fully saturated rings. The van der Waals surface area contributed by atoms with Gasteiger partial charge in [0, 0.05) is 18.8 Å². The van der Waals surface area contributed by atoms with Crippen molar-refractivity contribution in [2.75, 3.05) is 18.0 Å². The van der Waals surface area contributed by atoms with Gasteiger partial charge >= 0.3 is 0 Å². The SMILES string of the molecule is CC[C@@H](Oc1cccc(C)c1)C(=O)N[C@@H](C)c1ccc(N2CCC(C)CC2)cc1. The van der Waals surface area contributed by atoms with Gasteiger partial charge in [-0.2, -0.15) is 0 Å². The molecular formula is C25H34N2O2. The quantitative estimate of drug-likeness (QED) is 0.696. The fraction of sp³-hybridized carbons (Fsp3) is 0.480. The third kappa shape index (κ3) is 5.75. The smallest absolute Gasteiger partial charge is 0.261 e. The van der Waals surface area contributed by atoms with Gasteiger partial charge in [0.1, 0.15) is 5.75 Å². The average molecular weight is 395 g/mol. The second-order valence-corrected chi connectivity index (χ2v) is 8.32. The maximum atomic E-state index is 12.7. The topological polar surface area (TPSA) is 41.6 Å². The Balaban J connectivity index is 1.58. The molecule has 1 aliphatic rings. The van der Waals surface area contributed by atoms with Gasteiger partial charge in [-0.3, -0.25) is 4.79 Å². The number of carbonyl (C=O) groups excluding carboxylic acids is 1. The molecule has 2 aromatic rings. The number of nitrogens with zero attached hydrogens (tertiary/aromatic N) is 1. The molecule has 0 unspecified atom stereocenters. The largest absolute Gasteiger partial charge is 0.481 e. The van der Waals surface area contributed by atoms with Crippen LogP contribution in [0, 0.1) is 12.8 Å². The van der Waals surface area contributed by atoms with Gasteiger partial charge in [-0.15, -0.1) is 0 Å². The summed E-state index contributed by atoms with van der Waals surface area (Å²) in [5.41, 5.74) is 3.50. The highest BCUT2D eigenvalue weighted by Gasteiger charge is 2.21. The van der Waals surface area contributed by atoms with Crippen LogP contribution in [0.2, 0.25) is 0 Å². The average Bonchev–Trinajstić information content (AvgIpc) is 2.72. The number of anilines is 1. The molecule has 0 bridgehead atoms. The van der Waals surface area contributed by atoms with Crippen molar-refractivity contribution in [3.05, 3.63) is 59.7 Å². The zero-order valence-corrected chi connectivity index (χ0v) is 18.2. The first kappa shape index (κ1) is 21.2. The number of nitrogens with one attached hydrogen (secondary N) is 1. The van der Waals surface area contributed by atoms with E-state index in [2.05, 4.69) is 41.4 Å². The summed E-state index contributed by atoms with van der Waals surface area (Å²) < 4.78 is 5.93. The van der Waals surface area contributed by atoms with Crippen molar-refractivity contribution in [2.24, 2.45) is 5.92 Å². The minimum Gasteiger partial charge on any atom is -0.481 e. The molecule has 0 aromatic heterocycles. The van der Waals surface area contributed by atoms with Crippen LogP contribution < -0.4 is 15.0 Å². The van der Waals surface area contributed by atoms with E-state index >= 15 is 0 Å². The minimum absolute atomic E-state index is 0.0620. The number of benzene rings is 2. The fourth-order valence-corrected chi connectivity index (χ4v) is 3.81. The zero-order chi connectivity index (χ0) is 20.8. The van der Waals surface area contributed by atoms with Gasteiger partial charge in [0.05, 0.1) is 6.04 Å². The van der Waals surface area contributed by atoms with Crippen LogP contribution in [-0.2, 0) is 4.79 Å². The van der Waals surface area contributed by atoms with E-state index in [1.54, 1.807) is 0 Å². The van der Waals surface area contributed by atoms with Gasteiger partial charge in [0.15, 0.2) is 6.10 Å². The number of ether oxygens (including phenoxy) is 1. The van der Waals surface area contributed by atoms with Crippen molar-refractivity contribution in [1.82, 2.24) is 5.32 Å². The lowest BCUT2D eigenvalue weighted by atomic mass is 9.98. The summed E-state index contributed by atoms with van der Waals surface area (Å²) in [6.45, 7) is 10.6. The Morgan fingerprint density at radius 3 is 2.48 bits per heavy atom. The van der Waals surface area contributed by atoms with E-state index in [0.717, 1.165) is 35.9 Å². The number of hydrogen-bond donors (Lipinski definition) is 1. The Morgan fingerprint density at radius 2 is 1.86 bits per heavy atom. The van der Waals surface area contributed by atoms with Crippen molar-refractivity contribution in [3.63, 3.8) is 0 Å². The molecule has 4 heteroatoms.